The van der Waals surface area contributed by atoms with Crippen LogP contribution in [-0.4, -0.2) is 55.0 Å². The minimum atomic E-state index is -1.07. The van der Waals surface area contributed by atoms with Crippen LogP contribution in [0, 0.1) is 11.8 Å². The van der Waals surface area contributed by atoms with Gasteiger partial charge in [0.15, 0.2) is 0 Å². The number of hydrogen-bond donors (Lipinski definition) is 3. The van der Waals surface area contributed by atoms with Crippen LogP contribution in [0.3, 0.4) is 0 Å². The van der Waals surface area contributed by atoms with E-state index in [4.69, 9.17) is 9.47 Å². The van der Waals surface area contributed by atoms with Crippen LogP contribution in [0.1, 0.15) is 43.7 Å². The molecule has 0 bridgehead atoms. The Morgan fingerprint density at radius 1 is 1.06 bits per heavy atom. The minimum Gasteiger partial charge on any atom is -0.480 e. The number of alkyl carbamates (subject to hydrolysis) is 1. The van der Waals surface area contributed by atoms with Crippen molar-refractivity contribution < 1.29 is 29.0 Å². The van der Waals surface area contributed by atoms with Gasteiger partial charge in [0, 0.05) is 25.0 Å². The second-order valence-electron chi connectivity index (χ2n) is 9.58. The first-order valence-corrected chi connectivity index (χ1v) is 12.1. The number of ether oxygens (including phenoxy) is 2. The summed E-state index contributed by atoms with van der Waals surface area (Å²) in [6.07, 6.45) is -0.445. The average molecular weight is 481 g/mol. The number of rotatable bonds is 9. The summed E-state index contributed by atoms with van der Waals surface area (Å²) in [5.74, 6) is -1.71. The quantitative estimate of drug-likeness (QED) is 0.506. The number of hydrogen-bond acceptors (Lipinski definition) is 5. The van der Waals surface area contributed by atoms with Gasteiger partial charge in [-0.1, -0.05) is 62.4 Å². The number of amides is 2. The van der Waals surface area contributed by atoms with Gasteiger partial charge >= 0.3 is 12.1 Å². The fourth-order valence-corrected chi connectivity index (χ4v) is 4.94. The first-order valence-electron chi connectivity index (χ1n) is 12.1. The number of nitrogens with one attached hydrogen (secondary N) is 2. The molecule has 0 unspecified atom stereocenters. The molecule has 2 aliphatic rings. The van der Waals surface area contributed by atoms with Gasteiger partial charge in [-0.2, -0.15) is 0 Å². The van der Waals surface area contributed by atoms with Crippen LogP contribution in [0.25, 0.3) is 11.1 Å². The van der Waals surface area contributed by atoms with Crippen LogP contribution in [0.15, 0.2) is 48.5 Å². The van der Waals surface area contributed by atoms with E-state index in [-0.39, 0.29) is 30.9 Å². The summed E-state index contributed by atoms with van der Waals surface area (Å²) < 4.78 is 11.1. The summed E-state index contributed by atoms with van der Waals surface area (Å²) in [7, 11) is 0. The van der Waals surface area contributed by atoms with Crippen molar-refractivity contribution in [2.45, 2.75) is 44.8 Å². The molecule has 186 valence electrons. The second kappa shape index (κ2) is 10.9. The van der Waals surface area contributed by atoms with Gasteiger partial charge in [0.1, 0.15) is 18.8 Å². The van der Waals surface area contributed by atoms with E-state index in [0.29, 0.717) is 19.4 Å². The normalized spacial score (nSPS) is 19.6. The standard InChI is InChI=1S/C27H32N2O6/c1-16(2)13-23(26(31)32)29-25(30)24-17(11-12-34-24)14-28-27(33)35-15-22-20-9-5-3-7-18(20)19-8-4-6-10-21(19)22/h3-10,16-17,22-24H,11-15H2,1-2H3,(H,28,33)(H,29,30)(H,31,32)/t17-,23+,24-/m1/s1. The van der Waals surface area contributed by atoms with E-state index in [9.17, 15) is 19.5 Å². The molecule has 2 aromatic rings. The maximum atomic E-state index is 12.7. The lowest BCUT2D eigenvalue weighted by atomic mass is 9.98. The lowest BCUT2D eigenvalue weighted by molar-refractivity contribution is -0.144. The highest BCUT2D eigenvalue weighted by Crippen LogP contribution is 2.44. The maximum absolute atomic E-state index is 12.7. The van der Waals surface area contributed by atoms with Crippen LogP contribution in [-0.2, 0) is 19.1 Å². The third-order valence-electron chi connectivity index (χ3n) is 6.65. The molecule has 2 aromatic carbocycles. The molecule has 4 rings (SSSR count). The third kappa shape index (κ3) is 5.65. The number of benzene rings is 2. The first kappa shape index (κ1) is 24.7. The van der Waals surface area contributed by atoms with Crippen LogP contribution in [0.2, 0.25) is 0 Å². The zero-order valence-electron chi connectivity index (χ0n) is 20.0. The molecule has 0 aromatic heterocycles. The molecule has 0 spiro atoms. The van der Waals surface area contributed by atoms with Crippen molar-refractivity contribution in [3.63, 3.8) is 0 Å². The Morgan fingerprint density at radius 3 is 2.29 bits per heavy atom. The Hall–Kier alpha value is -3.39. The Balaban J connectivity index is 1.30. The van der Waals surface area contributed by atoms with Crippen molar-refractivity contribution in [2.75, 3.05) is 19.8 Å². The first-order chi connectivity index (χ1) is 16.8. The topological polar surface area (TPSA) is 114 Å². The van der Waals surface area contributed by atoms with Crippen LogP contribution >= 0.6 is 0 Å². The third-order valence-corrected chi connectivity index (χ3v) is 6.65. The van der Waals surface area contributed by atoms with Gasteiger partial charge in [-0.05, 0) is 41.0 Å². The number of aliphatic carboxylic acids is 1. The monoisotopic (exact) mass is 480 g/mol. The predicted molar refractivity (Wildman–Crippen MR) is 130 cm³/mol. The van der Waals surface area contributed by atoms with Gasteiger partial charge in [-0.15, -0.1) is 0 Å². The molecule has 3 N–H and O–H groups in total. The molecule has 8 heteroatoms. The van der Waals surface area contributed by atoms with Crippen molar-refractivity contribution in [2.24, 2.45) is 11.8 Å². The van der Waals surface area contributed by atoms with Gasteiger partial charge in [0.25, 0.3) is 0 Å². The zero-order valence-corrected chi connectivity index (χ0v) is 20.0. The SMILES string of the molecule is CC(C)C[C@H](NC(=O)[C@@H]1OCC[C@@H]1CNC(=O)OCC1c2ccccc2-c2ccccc21)C(=O)O. The molecule has 0 saturated carbocycles. The molecule has 2 amide bonds. The molecular formula is C27H32N2O6. The summed E-state index contributed by atoms with van der Waals surface area (Å²) >= 11 is 0. The van der Waals surface area contributed by atoms with Crippen molar-refractivity contribution in [1.29, 1.82) is 0 Å². The van der Waals surface area contributed by atoms with E-state index >= 15 is 0 Å². The number of fused-ring (bicyclic) bond motifs is 3. The Bertz CT molecular complexity index is 1040. The van der Waals surface area contributed by atoms with Gasteiger partial charge in [-0.25, -0.2) is 9.59 Å². The van der Waals surface area contributed by atoms with E-state index in [0.717, 1.165) is 22.3 Å². The number of carboxylic acid groups (broad SMARTS) is 1. The Morgan fingerprint density at radius 2 is 1.69 bits per heavy atom. The van der Waals surface area contributed by atoms with Crippen LogP contribution in [0.5, 0.6) is 0 Å². The number of carbonyl (C=O) groups excluding carboxylic acids is 2. The van der Waals surface area contributed by atoms with Crippen LogP contribution < -0.4 is 10.6 Å². The van der Waals surface area contributed by atoms with Gasteiger partial charge in [0.05, 0.1) is 0 Å². The van der Waals surface area contributed by atoms with E-state index in [1.54, 1.807) is 0 Å². The number of carbonyl (C=O) groups is 3. The minimum absolute atomic E-state index is 0.0320. The molecule has 1 saturated heterocycles. The van der Waals surface area contributed by atoms with Crippen LogP contribution in [0.4, 0.5) is 4.79 Å². The number of carboxylic acids is 1. The zero-order chi connectivity index (χ0) is 24.9. The fraction of sp³-hybridized carbons (Fsp3) is 0.444. The van der Waals surface area contributed by atoms with Crippen molar-refractivity contribution in [3.05, 3.63) is 59.7 Å². The molecule has 0 radical (unpaired) electrons. The summed E-state index contributed by atoms with van der Waals surface area (Å²) in [5, 5.41) is 14.7. The smallest absolute Gasteiger partial charge is 0.407 e. The maximum Gasteiger partial charge on any atom is 0.407 e. The van der Waals surface area contributed by atoms with E-state index < -0.39 is 30.1 Å². The van der Waals surface area contributed by atoms with E-state index in [2.05, 4.69) is 34.9 Å². The summed E-state index contributed by atoms with van der Waals surface area (Å²) in [6, 6.07) is 15.3. The van der Waals surface area contributed by atoms with Gasteiger partial charge in [0.2, 0.25) is 5.91 Å². The Kier molecular flexibility index (Phi) is 7.70. The molecule has 1 fully saturated rings. The second-order valence-corrected chi connectivity index (χ2v) is 9.58. The Labute approximate surface area is 205 Å². The molecule has 1 heterocycles. The molecule has 1 aliphatic carbocycles. The fourth-order valence-electron chi connectivity index (χ4n) is 4.94. The summed E-state index contributed by atoms with van der Waals surface area (Å²) in [5.41, 5.74) is 4.59. The van der Waals surface area contributed by atoms with Crippen molar-refractivity contribution in [3.8, 4) is 11.1 Å². The molecule has 35 heavy (non-hydrogen) atoms. The highest BCUT2D eigenvalue weighted by molar-refractivity contribution is 5.86. The lowest BCUT2D eigenvalue weighted by Gasteiger charge is -2.22. The predicted octanol–water partition coefficient (Wildman–Crippen LogP) is 3.55. The highest BCUT2D eigenvalue weighted by atomic mass is 16.5. The van der Waals surface area contributed by atoms with E-state index in [1.165, 1.54) is 0 Å². The molecular weight excluding hydrogens is 448 g/mol. The molecule has 1 aliphatic heterocycles. The van der Waals surface area contributed by atoms with Gasteiger partial charge in [-0.3, -0.25) is 4.79 Å². The van der Waals surface area contributed by atoms with E-state index in [1.807, 2.05) is 38.1 Å². The summed E-state index contributed by atoms with van der Waals surface area (Å²) in [4.78, 5) is 36.7. The lowest BCUT2D eigenvalue weighted by Crippen LogP contribution is -2.49. The average Bonchev–Trinajstić information content (AvgIpc) is 3.43. The molecule has 3 atom stereocenters. The largest absolute Gasteiger partial charge is 0.480 e. The van der Waals surface area contributed by atoms with Gasteiger partial charge < -0.3 is 25.2 Å². The molecule has 8 nitrogen and oxygen atoms in total. The highest BCUT2D eigenvalue weighted by Gasteiger charge is 2.36. The van der Waals surface area contributed by atoms with Crippen molar-refractivity contribution in [1.82, 2.24) is 10.6 Å². The van der Waals surface area contributed by atoms with Crippen molar-refractivity contribution >= 4 is 18.0 Å². The summed E-state index contributed by atoms with van der Waals surface area (Å²) in [6.45, 7) is 4.58.